The van der Waals surface area contributed by atoms with Crippen molar-refractivity contribution in [2.45, 2.75) is 13.0 Å². The molecule has 0 bridgehead atoms. The highest BCUT2D eigenvalue weighted by Gasteiger charge is 2.20. The summed E-state index contributed by atoms with van der Waals surface area (Å²) in [5.74, 6) is 0.731. The summed E-state index contributed by atoms with van der Waals surface area (Å²) in [5.41, 5.74) is 6.11. The van der Waals surface area contributed by atoms with Crippen molar-refractivity contribution in [2.75, 3.05) is 30.4 Å². The molecular formula is C9H14N4O. The smallest absolute Gasteiger partial charge is 0.225 e. The predicted molar refractivity (Wildman–Crippen MR) is 54.1 cm³/mol. The normalized spacial score (nSPS) is 22.4. The van der Waals surface area contributed by atoms with Gasteiger partial charge in [0.25, 0.3) is 0 Å². The van der Waals surface area contributed by atoms with Crippen molar-refractivity contribution in [3.8, 4) is 0 Å². The first-order chi connectivity index (χ1) is 6.77. The Morgan fingerprint density at radius 3 is 2.86 bits per heavy atom. The second-order valence-electron chi connectivity index (χ2n) is 3.43. The zero-order chi connectivity index (χ0) is 9.97. The molecule has 1 aromatic heterocycles. The van der Waals surface area contributed by atoms with Gasteiger partial charge < -0.3 is 15.4 Å². The predicted octanol–water partition coefficient (Wildman–Crippen LogP) is 0.284. The Morgan fingerprint density at radius 2 is 2.21 bits per heavy atom. The van der Waals surface area contributed by atoms with Crippen LogP contribution in [0, 0.1) is 0 Å². The van der Waals surface area contributed by atoms with Crippen LogP contribution in [0.25, 0.3) is 0 Å². The van der Waals surface area contributed by atoms with Gasteiger partial charge in [0.1, 0.15) is 0 Å². The van der Waals surface area contributed by atoms with E-state index in [-0.39, 0.29) is 0 Å². The zero-order valence-electron chi connectivity index (χ0n) is 8.18. The van der Waals surface area contributed by atoms with Crippen molar-refractivity contribution in [1.82, 2.24) is 9.97 Å². The SMILES string of the molecule is C[C@@H]1COCCN1c1ncc(N)cn1. The molecule has 1 atom stereocenters. The highest BCUT2D eigenvalue weighted by atomic mass is 16.5. The summed E-state index contributed by atoms with van der Waals surface area (Å²) in [6.45, 7) is 4.40. The molecule has 1 saturated heterocycles. The monoisotopic (exact) mass is 194 g/mol. The molecule has 76 valence electrons. The molecule has 0 unspecified atom stereocenters. The average molecular weight is 194 g/mol. The highest BCUT2D eigenvalue weighted by molar-refractivity contribution is 5.38. The van der Waals surface area contributed by atoms with Gasteiger partial charge in [0, 0.05) is 6.54 Å². The van der Waals surface area contributed by atoms with Gasteiger partial charge in [-0.05, 0) is 6.92 Å². The Kier molecular flexibility index (Phi) is 2.49. The molecule has 2 N–H and O–H groups in total. The number of nitrogen functional groups attached to an aromatic ring is 1. The molecule has 0 amide bonds. The minimum atomic E-state index is 0.326. The lowest BCUT2D eigenvalue weighted by molar-refractivity contribution is 0.0981. The number of morpholine rings is 1. The number of ether oxygens (including phenoxy) is 1. The second kappa shape index (κ2) is 3.79. The molecule has 0 aliphatic carbocycles. The number of aromatic nitrogens is 2. The van der Waals surface area contributed by atoms with E-state index in [4.69, 9.17) is 10.5 Å². The Balaban J connectivity index is 2.16. The van der Waals surface area contributed by atoms with E-state index in [1.165, 1.54) is 0 Å². The molecule has 1 aromatic rings. The van der Waals surface area contributed by atoms with Crippen LogP contribution in [-0.4, -0.2) is 35.8 Å². The molecule has 0 aromatic carbocycles. The third-order valence-electron chi connectivity index (χ3n) is 2.28. The third kappa shape index (κ3) is 1.77. The van der Waals surface area contributed by atoms with Crippen LogP contribution in [0.5, 0.6) is 0 Å². The van der Waals surface area contributed by atoms with Crippen molar-refractivity contribution < 1.29 is 4.74 Å². The number of anilines is 2. The number of rotatable bonds is 1. The Hall–Kier alpha value is -1.36. The van der Waals surface area contributed by atoms with E-state index in [1.54, 1.807) is 12.4 Å². The lowest BCUT2D eigenvalue weighted by Crippen LogP contribution is -2.44. The minimum Gasteiger partial charge on any atom is -0.396 e. The largest absolute Gasteiger partial charge is 0.396 e. The maximum atomic E-state index is 5.52. The van der Waals surface area contributed by atoms with Gasteiger partial charge in [0.05, 0.1) is 37.3 Å². The van der Waals surface area contributed by atoms with Crippen LogP contribution in [0.15, 0.2) is 12.4 Å². The van der Waals surface area contributed by atoms with E-state index >= 15 is 0 Å². The molecule has 0 saturated carbocycles. The van der Waals surface area contributed by atoms with Crippen molar-refractivity contribution in [3.05, 3.63) is 12.4 Å². The molecule has 0 radical (unpaired) electrons. The van der Waals surface area contributed by atoms with Gasteiger partial charge in [-0.1, -0.05) is 0 Å². The quantitative estimate of drug-likeness (QED) is 0.695. The first-order valence-corrected chi connectivity index (χ1v) is 4.69. The number of nitrogens with two attached hydrogens (primary N) is 1. The first kappa shape index (κ1) is 9.21. The van der Waals surface area contributed by atoms with Crippen LogP contribution in [0.1, 0.15) is 6.92 Å². The summed E-state index contributed by atoms with van der Waals surface area (Å²) in [6.07, 6.45) is 3.26. The Bertz CT molecular complexity index is 300. The molecular weight excluding hydrogens is 180 g/mol. The van der Waals surface area contributed by atoms with Crippen LogP contribution in [0.2, 0.25) is 0 Å². The van der Waals surface area contributed by atoms with Gasteiger partial charge in [-0.25, -0.2) is 9.97 Å². The minimum absolute atomic E-state index is 0.326. The number of hydrogen-bond acceptors (Lipinski definition) is 5. The lowest BCUT2D eigenvalue weighted by Gasteiger charge is -2.33. The van der Waals surface area contributed by atoms with E-state index < -0.39 is 0 Å². The molecule has 2 rings (SSSR count). The van der Waals surface area contributed by atoms with E-state index in [9.17, 15) is 0 Å². The molecule has 1 aliphatic heterocycles. The van der Waals surface area contributed by atoms with Crippen molar-refractivity contribution in [3.63, 3.8) is 0 Å². The van der Waals surface area contributed by atoms with Crippen molar-refractivity contribution in [1.29, 1.82) is 0 Å². The van der Waals surface area contributed by atoms with E-state index in [2.05, 4.69) is 21.8 Å². The van der Waals surface area contributed by atoms with Crippen molar-refractivity contribution >= 4 is 11.6 Å². The highest BCUT2D eigenvalue weighted by Crippen LogP contribution is 2.14. The number of hydrogen-bond donors (Lipinski definition) is 1. The van der Waals surface area contributed by atoms with Crippen molar-refractivity contribution in [2.24, 2.45) is 0 Å². The molecule has 0 spiro atoms. The standard InChI is InChI=1S/C9H14N4O/c1-7-6-14-3-2-13(7)9-11-4-8(10)5-12-9/h4-5,7H,2-3,6,10H2,1H3/t7-/m1/s1. The van der Waals surface area contributed by atoms with Crippen LogP contribution in [-0.2, 0) is 4.74 Å². The Morgan fingerprint density at radius 1 is 1.50 bits per heavy atom. The van der Waals surface area contributed by atoms with Gasteiger partial charge in [0.2, 0.25) is 5.95 Å². The zero-order valence-corrected chi connectivity index (χ0v) is 8.18. The van der Waals surface area contributed by atoms with E-state index in [0.29, 0.717) is 11.7 Å². The lowest BCUT2D eigenvalue weighted by atomic mass is 10.3. The molecule has 5 heteroatoms. The van der Waals surface area contributed by atoms with Gasteiger partial charge in [-0.3, -0.25) is 0 Å². The van der Waals surface area contributed by atoms with E-state index in [1.807, 2.05) is 0 Å². The molecule has 1 fully saturated rings. The molecule has 1 aliphatic rings. The fourth-order valence-corrected chi connectivity index (χ4v) is 1.50. The second-order valence-corrected chi connectivity index (χ2v) is 3.43. The molecule has 5 nitrogen and oxygen atoms in total. The topological polar surface area (TPSA) is 64.3 Å². The Labute approximate surface area is 82.9 Å². The van der Waals surface area contributed by atoms with Crippen LogP contribution in [0.4, 0.5) is 11.6 Å². The summed E-state index contributed by atoms with van der Waals surface area (Å²) < 4.78 is 5.34. The maximum Gasteiger partial charge on any atom is 0.225 e. The molecule has 14 heavy (non-hydrogen) atoms. The van der Waals surface area contributed by atoms with E-state index in [0.717, 1.165) is 25.7 Å². The summed E-state index contributed by atoms with van der Waals surface area (Å²) in [4.78, 5) is 10.5. The summed E-state index contributed by atoms with van der Waals surface area (Å²) in [5, 5.41) is 0. The average Bonchev–Trinajstić information content (AvgIpc) is 2.20. The summed E-state index contributed by atoms with van der Waals surface area (Å²) in [7, 11) is 0. The summed E-state index contributed by atoms with van der Waals surface area (Å²) >= 11 is 0. The fraction of sp³-hybridized carbons (Fsp3) is 0.556. The van der Waals surface area contributed by atoms with Crippen LogP contribution < -0.4 is 10.6 Å². The number of nitrogens with zero attached hydrogens (tertiary/aromatic N) is 3. The van der Waals surface area contributed by atoms with Crippen LogP contribution >= 0.6 is 0 Å². The molecule has 2 heterocycles. The van der Waals surface area contributed by atoms with Gasteiger partial charge in [-0.15, -0.1) is 0 Å². The first-order valence-electron chi connectivity index (χ1n) is 4.69. The van der Waals surface area contributed by atoms with Gasteiger partial charge in [-0.2, -0.15) is 0 Å². The van der Waals surface area contributed by atoms with Gasteiger partial charge in [0.15, 0.2) is 0 Å². The third-order valence-corrected chi connectivity index (χ3v) is 2.28. The fourth-order valence-electron chi connectivity index (χ4n) is 1.50. The maximum absolute atomic E-state index is 5.52. The summed E-state index contributed by atoms with van der Waals surface area (Å²) in [6, 6.07) is 0.326. The van der Waals surface area contributed by atoms with Crippen LogP contribution in [0.3, 0.4) is 0 Å². The van der Waals surface area contributed by atoms with Gasteiger partial charge >= 0.3 is 0 Å².